The summed E-state index contributed by atoms with van der Waals surface area (Å²) in [4.78, 5) is 12.5. The predicted octanol–water partition coefficient (Wildman–Crippen LogP) is 4.13. The molecule has 1 amide bonds. The van der Waals surface area contributed by atoms with Gasteiger partial charge in [0.15, 0.2) is 0 Å². The van der Waals surface area contributed by atoms with Crippen LogP contribution in [-0.2, 0) is 5.41 Å². The van der Waals surface area contributed by atoms with Crippen molar-refractivity contribution in [2.45, 2.75) is 26.2 Å². The number of aromatic hydroxyl groups is 1. The van der Waals surface area contributed by atoms with Crippen LogP contribution in [0.3, 0.4) is 0 Å². The van der Waals surface area contributed by atoms with Gasteiger partial charge in [-0.1, -0.05) is 26.8 Å². The molecule has 128 valence electrons. The highest BCUT2D eigenvalue weighted by atomic mass is 16.3. The molecule has 0 atom stereocenters. The van der Waals surface area contributed by atoms with Gasteiger partial charge < -0.3 is 10.4 Å². The number of benzene rings is 2. The molecule has 3 aromatic rings. The normalized spacial score (nSPS) is 11.3. The number of hydrogen-bond acceptors (Lipinski definition) is 3. The van der Waals surface area contributed by atoms with Gasteiger partial charge in [0, 0.05) is 18.0 Å². The minimum Gasteiger partial charge on any atom is -0.506 e. The smallest absolute Gasteiger partial charge is 0.255 e. The fraction of sp³-hybridized carbons (Fsp3) is 0.200. The number of aromatic nitrogens is 2. The summed E-state index contributed by atoms with van der Waals surface area (Å²) in [6.07, 6.45) is 3.54. The molecule has 0 bridgehead atoms. The molecule has 2 N–H and O–H groups in total. The zero-order valence-corrected chi connectivity index (χ0v) is 14.5. The minimum atomic E-state index is -0.270. The molecular formula is C20H21N3O2. The van der Waals surface area contributed by atoms with Crippen molar-refractivity contribution in [2.24, 2.45) is 0 Å². The second-order valence-electron chi connectivity index (χ2n) is 6.93. The molecule has 1 aromatic heterocycles. The van der Waals surface area contributed by atoms with Crippen LogP contribution in [0.15, 0.2) is 60.9 Å². The van der Waals surface area contributed by atoms with Crippen LogP contribution in [0.4, 0.5) is 5.69 Å². The van der Waals surface area contributed by atoms with E-state index in [0.717, 1.165) is 11.3 Å². The number of amides is 1. The molecule has 0 aliphatic carbocycles. The molecule has 5 nitrogen and oxygen atoms in total. The molecule has 0 spiro atoms. The summed E-state index contributed by atoms with van der Waals surface area (Å²) in [6, 6.07) is 14.2. The number of carbonyl (C=O) groups is 1. The first kappa shape index (κ1) is 16.8. The quantitative estimate of drug-likeness (QED) is 0.707. The second kappa shape index (κ2) is 6.43. The van der Waals surface area contributed by atoms with Crippen LogP contribution in [0.2, 0.25) is 0 Å². The fourth-order valence-electron chi connectivity index (χ4n) is 2.48. The van der Waals surface area contributed by atoms with Gasteiger partial charge in [-0.05, 0) is 53.4 Å². The van der Waals surface area contributed by atoms with Crippen LogP contribution in [0.1, 0.15) is 36.7 Å². The van der Waals surface area contributed by atoms with Crippen LogP contribution in [0.5, 0.6) is 5.75 Å². The SMILES string of the molecule is CC(C)(C)c1ccc(O)c(NC(=O)c2ccc(-n3cccn3)cc2)c1. The number of nitrogens with one attached hydrogen (secondary N) is 1. The first-order chi connectivity index (χ1) is 11.8. The van der Waals surface area contributed by atoms with Crippen LogP contribution in [0, 0.1) is 0 Å². The van der Waals surface area contributed by atoms with E-state index in [-0.39, 0.29) is 17.1 Å². The molecule has 5 heteroatoms. The Balaban J connectivity index is 1.80. The van der Waals surface area contributed by atoms with Crippen LogP contribution < -0.4 is 5.32 Å². The molecule has 0 aliphatic heterocycles. The average molecular weight is 335 g/mol. The van der Waals surface area contributed by atoms with Crippen LogP contribution in [0.25, 0.3) is 5.69 Å². The number of carbonyl (C=O) groups excluding carboxylic acids is 1. The third kappa shape index (κ3) is 3.71. The first-order valence-corrected chi connectivity index (χ1v) is 8.09. The number of rotatable bonds is 3. The average Bonchev–Trinajstić information content (AvgIpc) is 3.10. The number of anilines is 1. The van der Waals surface area contributed by atoms with Crippen molar-refractivity contribution in [3.8, 4) is 11.4 Å². The summed E-state index contributed by atoms with van der Waals surface area (Å²) in [6.45, 7) is 6.25. The maximum Gasteiger partial charge on any atom is 0.255 e. The Bertz CT molecular complexity index is 876. The summed E-state index contributed by atoms with van der Waals surface area (Å²) in [5.41, 5.74) is 2.76. The second-order valence-corrected chi connectivity index (χ2v) is 6.93. The molecule has 2 aromatic carbocycles. The van der Waals surface area contributed by atoms with E-state index in [1.165, 1.54) is 0 Å². The highest BCUT2D eigenvalue weighted by Crippen LogP contribution is 2.31. The third-order valence-corrected chi connectivity index (χ3v) is 4.01. The Morgan fingerprint density at radius 2 is 1.84 bits per heavy atom. The van der Waals surface area contributed by atoms with Crippen LogP contribution in [-0.4, -0.2) is 20.8 Å². The topological polar surface area (TPSA) is 67.2 Å². The van der Waals surface area contributed by atoms with Gasteiger partial charge in [0.1, 0.15) is 5.75 Å². The number of phenols is 1. The highest BCUT2D eigenvalue weighted by Gasteiger charge is 2.17. The maximum absolute atomic E-state index is 12.5. The maximum atomic E-state index is 12.5. The van der Waals surface area contributed by atoms with E-state index < -0.39 is 0 Å². The van der Waals surface area contributed by atoms with E-state index in [1.807, 2.05) is 36.5 Å². The van der Waals surface area contributed by atoms with Crippen molar-refractivity contribution in [1.29, 1.82) is 0 Å². The molecule has 0 radical (unpaired) electrons. The molecular weight excluding hydrogens is 314 g/mol. The van der Waals surface area contributed by atoms with E-state index in [0.29, 0.717) is 11.3 Å². The number of hydrogen-bond donors (Lipinski definition) is 2. The Hall–Kier alpha value is -3.08. The lowest BCUT2D eigenvalue weighted by molar-refractivity contribution is 0.102. The van der Waals surface area contributed by atoms with E-state index in [9.17, 15) is 9.90 Å². The number of nitrogens with zero attached hydrogens (tertiary/aromatic N) is 2. The third-order valence-electron chi connectivity index (χ3n) is 4.01. The molecule has 0 aliphatic rings. The minimum absolute atomic E-state index is 0.0505. The first-order valence-electron chi connectivity index (χ1n) is 8.09. The van der Waals surface area contributed by atoms with Crippen LogP contribution >= 0.6 is 0 Å². The van der Waals surface area contributed by atoms with Crippen molar-refractivity contribution in [3.63, 3.8) is 0 Å². The van der Waals surface area contributed by atoms with Gasteiger partial charge in [0.05, 0.1) is 11.4 Å². The number of phenolic OH excluding ortho intramolecular Hbond substituents is 1. The Kier molecular flexibility index (Phi) is 4.31. The molecule has 25 heavy (non-hydrogen) atoms. The summed E-state index contributed by atoms with van der Waals surface area (Å²) >= 11 is 0. The summed E-state index contributed by atoms with van der Waals surface area (Å²) < 4.78 is 1.72. The van der Waals surface area contributed by atoms with Gasteiger partial charge in [-0.2, -0.15) is 5.10 Å². The zero-order valence-electron chi connectivity index (χ0n) is 14.5. The summed E-state index contributed by atoms with van der Waals surface area (Å²) in [7, 11) is 0. The van der Waals surface area contributed by atoms with Gasteiger partial charge in [-0.3, -0.25) is 4.79 Å². The van der Waals surface area contributed by atoms with E-state index in [1.54, 1.807) is 29.1 Å². The van der Waals surface area contributed by atoms with E-state index >= 15 is 0 Å². The lowest BCUT2D eigenvalue weighted by Gasteiger charge is -2.20. The van der Waals surface area contributed by atoms with Crippen molar-refractivity contribution in [3.05, 3.63) is 72.1 Å². The van der Waals surface area contributed by atoms with Crippen molar-refractivity contribution in [2.75, 3.05) is 5.32 Å². The summed E-state index contributed by atoms with van der Waals surface area (Å²) in [5, 5.41) is 17.0. The standard InChI is InChI=1S/C20H21N3O2/c1-20(2,3)15-7-10-18(24)17(13-15)22-19(25)14-5-8-16(9-6-14)23-12-4-11-21-23/h4-13,24H,1-3H3,(H,22,25). The van der Waals surface area contributed by atoms with E-state index in [4.69, 9.17) is 0 Å². The molecule has 0 saturated carbocycles. The molecule has 0 saturated heterocycles. The van der Waals surface area contributed by atoms with E-state index in [2.05, 4.69) is 31.2 Å². The summed E-state index contributed by atoms with van der Waals surface area (Å²) in [5.74, 6) is -0.220. The van der Waals surface area contributed by atoms with Gasteiger partial charge in [0.25, 0.3) is 5.91 Å². The van der Waals surface area contributed by atoms with Crippen molar-refractivity contribution >= 4 is 11.6 Å². The molecule has 1 heterocycles. The molecule has 3 rings (SSSR count). The lowest BCUT2D eigenvalue weighted by Crippen LogP contribution is -2.15. The zero-order chi connectivity index (χ0) is 18.0. The Morgan fingerprint density at radius 1 is 1.12 bits per heavy atom. The Labute approximate surface area is 146 Å². The van der Waals surface area contributed by atoms with Crippen molar-refractivity contribution < 1.29 is 9.90 Å². The van der Waals surface area contributed by atoms with Gasteiger partial charge in [-0.25, -0.2) is 4.68 Å². The predicted molar refractivity (Wildman–Crippen MR) is 98.3 cm³/mol. The Morgan fingerprint density at radius 3 is 2.44 bits per heavy atom. The highest BCUT2D eigenvalue weighted by molar-refractivity contribution is 6.05. The van der Waals surface area contributed by atoms with Gasteiger partial charge >= 0.3 is 0 Å². The van der Waals surface area contributed by atoms with Crippen molar-refractivity contribution in [1.82, 2.24) is 9.78 Å². The lowest BCUT2D eigenvalue weighted by atomic mass is 9.87. The van der Waals surface area contributed by atoms with Gasteiger partial charge in [-0.15, -0.1) is 0 Å². The molecule has 0 fully saturated rings. The van der Waals surface area contributed by atoms with Gasteiger partial charge in [0.2, 0.25) is 0 Å². The largest absolute Gasteiger partial charge is 0.506 e. The molecule has 0 unspecified atom stereocenters. The fourth-order valence-corrected chi connectivity index (χ4v) is 2.48. The monoisotopic (exact) mass is 335 g/mol.